The molecule has 1 unspecified atom stereocenters. The second-order valence-electron chi connectivity index (χ2n) is 3.19. The van der Waals surface area contributed by atoms with Crippen LogP contribution in [-0.4, -0.2) is 22.1 Å². The Hall–Kier alpha value is -2.02. The topological polar surface area (TPSA) is 62.2 Å². The van der Waals surface area contributed by atoms with Crippen molar-refractivity contribution >= 4 is 11.8 Å². The number of anilines is 1. The zero-order valence-electron chi connectivity index (χ0n) is 8.40. The van der Waals surface area contributed by atoms with E-state index in [0.29, 0.717) is 12.2 Å². The Bertz CT molecular complexity index is 379. The first kappa shape index (κ1) is 11.1. The Kier molecular flexibility index (Phi) is 3.69. The maximum Gasteiger partial charge on any atom is 0.337 e. The van der Waals surface area contributed by atoms with Crippen LogP contribution in [0.4, 0.5) is 5.82 Å². The molecule has 1 aromatic rings. The summed E-state index contributed by atoms with van der Waals surface area (Å²) in [5.41, 5.74) is 0.171. The first-order valence-corrected chi connectivity index (χ1v) is 4.53. The Morgan fingerprint density at radius 2 is 2.47 bits per heavy atom. The highest BCUT2D eigenvalue weighted by atomic mass is 16.4. The summed E-state index contributed by atoms with van der Waals surface area (Å²) < 4.78 is 0. The molecule has 0 saturated carbocycles. The standard InChI is InChI=1S/C11H12N2O2/c1-3-4-8(2)13-10-6-5-9(7-12-10)11(14)15/h1,5-8H,4H2,2H3,(H,12,13)(H,14,15). The second-order valence-corrected chi connectivity index (χ2v) is 3.19. The van der Waals surface area contributed by atoms with Gasteiger partial charge in [-0.25, -0.2) is 9.78 Å². The molecule has 1 rings (SSSR count). The molecule has 0 amide bonds. The number of nitrogens with one attached hydrogen (secondary N) is 1. The molecular weight excluding hydrogens is 192 g/mol. The van der Waals surface area contributed by atoms with E-state index in [9.17, 15) is 4.79 Å². The maximum atomic E-state index is 10.5. The number of carboxylic acids is 1. The first-order valence-electron chi connectivity index (χ1n) is 4.53. The highest BCUT2D eigenvalue weighted by Crippen LogP contribution is 2.07. The van der Waals surface area contributed by atoms with Crippen molar-refractivity contribution in [2.45, 2.75) is 19.4 Å². The SMILES string of the molecule is C#CCC(C)Nc1ccc(C(=O)O)cn1. The van der Waals surface area contributed by atoms with E-state index in [-0.39, 0.29) is 11.6 Å². The average molecular weight is 204 g/mol. The van der Waals surface area contributed by atoms with E-state index in [1.165, 1.54) is 12.3 Å². The van der Waals surface area contributed by atoms with E-state index in [2.05, 4.69) is 16.2 Å². The molecule has 1 atom stereocenters. The fraction of sp³-hybridized carbons (Fsp3) is 0.273. The summed E-state index contributed by atoms with van der Waals surface area (Å²) in [7, 11) is 0. The molecule has 1 heterocycles. The minimum atomic E-state index is -0.981. The van der Waals surface area contributed by atoms with Crippen LogP contribution < -0.4 is 5.32 Å². The summed E-state index contributed by atoms with van der Waals surface area (Å²) in [5, 5.41) is 11.7. The van der Waals surface area contributed by atoms with Crippen molar-refractivity contribution in [3.05, 3.63) is 23.9 Å². The van der Waals surface area contributed by atoms with Crippen LogP contribution in [0.1, 0.15) is 23.7 Å². The molecule has 0 radical (unpaired) electrons. The van der Waals surface area contributed by atoms with Crippen molar-refractivity contribution in [3.8, 4) is 12.3 Å². The predicted molar refractivity (Wildman–Crippen MR) is 57.7 cm³/mol. The van der Waals surface area contributed by atoms with Crippen LogP contribution in [0.2, 0.25) is 0 Å². The van der Waals surface area contributed by atoms with Gasteiger partial charge < -0.3 is 10.4 Å². The number of rotatable bonds is 4. The number of carboxylic acid groups (broad SMARTS) is 1. The fourth-order valence-electron chi connectivity index (χ4n) is 1.09. The van der Waals surface area contributed by atoms with Gasteiger partial charge in [-0.2, -0.15) is 0 Å². The number of aromatic nitrogens is 1. The van der Waals surface area contributed by atoms with E-state index < -0.39 is 5.97 Å². The quantitative estimate of drug-likeness (QED) is 0.731. The highest BCUT2D eigenvalue weighted by molar-refractivity contribution is 5.87. The third-order valence-electron chi connectivity index (χ3n) is 1.83. The molecule has 0 bridgehead atoms. The average Bonchev–Trinajstić information content (AvgIpc) is 2.18. The zero-order valence-corrected chi connectivity index (χ0v) is 8.40. The Morgan fingerprint density at radius 3 is 2.93 bits per heavy atom. The molecule has 0 spiro atoms. The van der Waals surface area contributed by atoms with Gasteiger partial charge in [0, 0.05) is 18.7 Å². The van der Waals surface area contributed by atoms with Gasteiger partial charge in [0.2, 0.25) is 0 Å². The number of hydrogen-bond donors (Lipinski definition) is 2. The molecule has 78 valence electrons. The number of terminal acetylenes is 1. The summed E-state index contributed by atoms with van der Waals surface area (Å²) in [5.74, 6) is 2.18. The monoisotopic (exact) mass is 204 g/mol. The minimum absolute atomic E-state index is 0.123. The molecule has 0 aliphatic rings. The van der Waals surface area contributed by atoms with Crippen LogP contribution in [0.15, 0.2) is 18.3 Å². The summed E-state index contributed by atoms with van der Waals surface area (Å²) in [6.07, 6.45) is 7.07. The van der Waals surface area contributed by atoms with Crippen molar-refractivity contribution in [2.24, 2.45) is 0 Å². The van der Waals surface area contributed by atoms with Crippen LogP contribution in [0.25, 0.3) is 0 Å². The van der Waals surface area contributed by atoms with Crippen LogP contribution in [0, 0.1) is 12.3 Å². The van der Waals surface area contributed by atoms with E-state index in [1.54, 1.807) is 6.07 Å². The minimum Gasteiger partial charge on any atom is -0.478 e. The lowest BCUT2D eigenvalue weighted by Gasteiger charge is -2.11. The molecular formula is C11H12N2O2. The molecule has 15 heavy (non-hydrogen) atoms. The summed E-state index contributed by atoms with van der Waals surface area (Å²) in [6.45, 7) is 1.94. The van der Waals surface area contributed by atoms with Crippen LogP contribution in [0.5, 0.6) is 0 Å². The van der Waals surface area contributed by atoms with Crippen LogP contribution >= 0.6 is 0 Å². The van der Waals surface area contributed by atoms with Crippen molar-refractivity contribution in [2.75, 3.05) is 5.32 Å². The largest absolute Gasteiger partial charge is 0.478 e. The normalized spacial score (nSPS) is 11.5. The molecule has 0 aromatic carbocycles. The summed E-state index contributed by atoms with van der Waals surface area (Å²) >= 11 is 0. The van der Waals surface area contributed by atoms with Crippen molar-refractivity contribution < 1.29 is 9.90 Å². The molecule has 4 heteroatoms. The number of hydrogen-bond acceptors (Lipinski definition) is 3. The van der Waals surface area contributed by atoms with Gasteiger partial charge in [0.15, 0.2) is 0 Å². The van der Waals surface area contributed by atoms with E-state index >= 15 is 0 Å². The van der Waals surface area contributed by atoms with Gasteiger partial charge in [-0.15, -0.1) is 12.3 Å². The molecule has 0 aliphatic heterocycles. The van der Waals surface area contributed by atoms with Crippen molar-refractivity contribution in [1.29, 1.82) is 0 Å². The van der Waals surface area contributed by atoms with Gasteiger partial charge in [0.25, 0.3) is 0 Å². The Morgan fingerprint density at radius 1 is 1.73 bits per heavy atom. The molecule has 0 saturated heterocycles. The third kappa shape index (κ3) is 3.31. The Balaban J connectivity index is 2.65. The van der Waals surface area contributed by atoms with Gasteiger partial charge in [0.05, 0.1) is 5.56 Å². The highest BCUT2D eigenvalue weighted by Gasteiger charge is 2.04. The second kappa shape index (κ2) is 5.01. The van der Waals surface area contributed by atoms with Crippen molar-refractivity contribution in [1.82, 2.24) is 4.98 Å². The maximum absolute atomic E-state index is 10.5. The Labute approximate surface area is 88.3 Å². The summed E-state index contributed by atoms with van der Waals surface area (Å²) in [4.78, 5) is 14.5. The van der Waals surface area contributed by atoms with Gasteiger partial charge in [-0.3, -0.25) is 0 Å². The van der Waals surface area contributed by atoms with Gasteiger partial charge in [-0.1, -0.05) is 0 Å². The lowest BCUT2D eigenvalue weighted by Crippen LogP contribution is -2.15. The van der Waals surface area contributed by atoms with Gasteiger partial charge in [0.1, 0.15) is 5.82 Å². The van der Waals surface area contributed by atoms with E-state index in [4.69, 9.17) is 11.5 Å². The lowest BCUT2D eigenvalue weighted by molar-refractivity contribution is 0.0696. The number of carbonyl (C=O) groups is 1. The van der Waals surface area contributed by atoms with Gasteiger partial charge in [-0.05, 0) is 19.1 Å². The van der Waals surface area contributed by atoms with Crippen LogP contribution in [0.3, 0.4) is 0 Å². The van der Waals surface area contributed by atoms with E-state index in [0.717, 1.165) is 0 Å². The smallest absolute Gasteiger partial charge is 0.337 e. The molecule has 1 aromatic heterocycles. The molecule has 4 nitrogen and oxygen atoms in total. The number of aromatic carboxylic acids is 1. The predicted octanol–water partition coefficient (Wildman–Crippen LogP) is 1.60. The van der Waals surface area contributed by atoms with Crippen molar-refractivity contribution in [3.63, 3.8) is 0 Å². The molecule has 0 aliphatic carbocycles. The third-order valence-corrected chi connectivity index (χ3v) is 1.83. The molecule has 0 fully saturated rings. The lowest BCUT2D eigenvalue weighted by atomic mass is 10.2. The zero-order chi connectivity index (χ0) is 11.3. The van der Waals surface area contributed by atoms with Gasteiger partial charge >= 0.3 is 5.97 Å². The fourth-order valence-corrected chi connectivity index (χ4v) is 1.09. The van der Waals surface area contributed by atoms with Crippen LogP contribution in [-0.2, 0) is 0 Å². The number of pyridine rings is 1. The van der Waals surface area contributed by atoms with E-state index in [1.807, 2.05) is 6.92 Å². The molecule has 2 N–H and O–H groups in total. The first-order chi connectivity index (χ1) is 7.13. The summed E-state index contributed by atoms with van der Waals surface area (Å²) in [6, 6.07) is 3.25. The number of nitrogens with zero attached hydrogens (tertiary/aromatic N) is 1.